The highest BCUT2D eigenvalue weighted by atomic mass is 16.5. The van der Waals surface area contributed by atoms with Crippen LogP contribution in [0.15, 0.2) is 24.3 Å². The molecule has 3 fully saturated rings. The molecule has 1 N–H and O–H groups in total. The number of likely N-dealkylation sites (N-methyl/N-ethyl adjacent to an activating group) is 1. The van der Waals surface area contributed by atoms with Crippen molar-refractivity contribution >= 4 is 5.91 Å². The molecule has 4 rings (SSSR count). The minimum absolute atomic E-state index is 0.0666. The molecule has 1 spiro atoms. The molecular formula is C22H33N3O2. The van der Waals surface area contributed by atoms with Crippen LogP contribution in [-0.4, -0.2) is 67.6 Å². The molecule has 3 saturated heterocycles. The quantitative estimate of drug-likeness (QED) is 0.886. The zero-order chi connectivity index (χ0) is 18.9. The third-order valence-electron chi connectivity index (χ3n) is 6.83. The van der Waals surface area contributed by atoms with Crippen LogP contribution in [0.5, 0.6) is 5.75 Å². The average molecular weight is 372 g/mol. The van der Waals surface area contributed by atoms with Gasteiger partial charge < -0.3 is 15.0 Å². The maximum Gasteiger partial charge on any atom is 0.239 e. The SMILES string of the molecule is Cc1ccccc1OC1CCN(C(=O)C2CC3(CCNCC3)CN2C)CC1. The number of carbonyl (C=O) groups excluding carboxylic acids is 1. The second-order valence-electron chi connectivity index (χ2n) is 8.79. The Morgan fingerprint density at radius 3 is 2.59 bits per heavy atom. The van der Waals surface area contributed by atoms with Crippen molar-refractivity contribution < 1.29 is 9.53 Å². The molecule has 0 aliphatic carbocycles. The Bertz CT molecular complexity index is 663. The van der Waals surface area contributed by atoms with Gasteiger partial charge in [0.15, 0.2) is 0 Å². The Labute approximate surface area is 163 Å². The second kappa shape index (κ2) is 7.80. The molecule has 1 aromatic carbocycles. The Morgan fingerprint density at radius 1 is 1.19 bits per heavy atom. The summed E-state index contributed by atoms with van der Waals surface area (Å²) in [5.74, 6) is 1.31. The van der Waals surface area contributed by atoms with Gasteiger partial charge in [0.2, 0.25) is 5.91 Å². The molecule has 1 atom stereocenters. The number of para-hydroxylation sites is 1. The zero-order valence-corrected chi connectivity index (χ0v) is 16.7. The standard InChI is InChI=1S/C22H33N3O2/c1-17-5-3-4-6-20(17)27-18-7-13-25(14-8-18)21(26)19-15-22(16-24(19)2)9-11-23-12-10-22/h3-6,18-19,23H,7-16H2,1-2H3. The van der Waals surface area contributed by atoms with E-state index < -0.39 is 0 Å². The zero-order valence-electron chi connectivity index (χ0n) is 16.7. The minimum atomic E-state index is 0.0666. The van der Waals surface area contributed by atoms with Gasteiger partial charge in [-0.15, -0.1) is 0 Å². The van der Waals surface area contributed by atoms with Gasteiger partial charge >= 0.3 is 0 Å². The van der Waals surface area contributed by atoms with Crippen LogP contribution in [-0.2, 0) is 4.79 Å². The minimum Gasteiger partial charge on any atom is -0.490 e. The summed E-state index contributed by atoms with van der Waals surface area (Å²) in [6.45, 7) is 6.97. The van der Waals surface area contributed by atoms with E-state index in [0.717, 1.165) is 57.7 Å². The van der Waals surface area contributed by atoms with Gasteiger partial charge in [-0.25, -0.2) is 0 Å². The first-order valence-electron chi connectivity index (χ1n) is 10.5. The molecule has 0 radical (unpaired) electrons. The van der Waals surface area contributed by atoms with Crippen LogP contribution < -0.4 is 10.1 Å². The number of amides is 1. The predicted molar refractivity (Wildman–Crippen MR) is 107 cm³/mol. The van der Waals surface area contributed by atoms with Crippen LogP contribution >= 0.6 is 0 Å². The summed E-state index contributed by atoms with van der Waals surface area (Å²) in [6.07, 6.45) is 5.49. The Balaban J connectivity index is 1.31. The van der Waals surface area contributed by atoms with Crippen LogP contribution in [0.25, 0.3) is 0 Å². The van der Waals surface area contributed by atoms with Crippen LogP contribution in [0.3, 0.4) is 0 Å². The predicted octanol–water partition coefficient (Wildman–Crippen LogP) is 2.44. The van der Waals surface area contributed by atoms with Crippen LogP contribution in [0, 0.1) is 12.3 Å². The third kappa shape index (κ3) is 3.99. The number of benzene rings is 1. The molecule has 1 unspecified atom stereocenters. The largest absolute Gasteiger partial charge is 0.490 e. The van der Waals surface area contributed by atoms with Gasteiger partial charge in [0.05, 0.1) is 6.04 Å². The van der Waals surface area contributed by atoms with E-state index in [0.29, 0.717) is 11.3 Å². The van der Waals surface area contributed by atoms with Gasteiger partial charge in [-0.3, -0.25) is 9.69 Å². The number of hydrogen-bond acceptors (Lipinski definition) is 4. The summed E-state index contributed by atoms with van der Waals surface area (Å²) in [6, 6.07) is 8.25. The molecule has 0 aromatic heterocycles. The van der Waals surface area contributed by atoms with Gasteiger partial charge in [-0.05, 0) is 63.4 Å². The number of carbonyl (C=O) groups is 1. The van der Waals surface area contributed by atoms with E-state index in [9.17, 15) is 4.79 Å². The highest BCUT2D eigenvalue weighted by Crippen LogP contribution is 2.41. The lowest BCUT2D eigenvalue weighted by Gasteiger charge is -2.35. The van der Waals surface area contributed by atoms with E-state index in [2.05, 4.69) is 35.2 Å². The lowest BCUT2D eigenvalue weighted by molar-refractivity contribution is -0.137. The maximum absolute atomic E-state index is 13.2. The third-order valence-corrected chi connectivity index (χ3v) is 6.83. The van der Waals surface area contributed by atoms with Gasteiger partial charge in [0, 0.05) is 32.5 Å². The number of aryl methyl sites for hydroxylation is 1. The van der Waals surface area contributed by atoms with Gasteiger partial charge in [0.1, 0.15) is 11.9 Å². The van der Waals surface area contributed by atoms with Gasteiger partial charge in [0.25, 0.3) is 0 Å². The molecule has 1 amide bonds. The molecule has 5 heteroatoms. The van der Waals surface area contributed by atoms with E-state index >= 15 is 0 Å². The Morgan fingerprint density at radius 2 is 1.89 bits per heavy atom. The number of piperidine rings is 2. The highest BCUT2D eigenvalue weighted by Gasteiger charge is 2.46. The summed E-state index contributed by atoms with van der Waals surface area (Å²) < 4.78 is 6.20. The van der Waals surface area contributed by atoms with Crippen LogP contribution in [0.1, 0.15) is 37.7 Å². The smallest absolute Gasteiger partial charge is 0.239 e. The Hall–Kier alpha value is -1.59. The monoisotopic (exact) mass is 371 g/mol. The Kier molecular flexibility index (Phi) is 5.42. The lowest BCUT2D eigenvalue weighted by atomic mass is 9.77. The molecule has 0 saturated carbocycles. The summed E-state index contributed by atoms with van der Waals surface area (Å²) in [5.41, 5.74) is 1.53. The first kappa shape index (κ1) is 18.8. The lowest BCUT2D eigenvalue weighted by Crippen LogP contribution is -2.48. The number of rotatable bonds is 3. The van der Waals surface area contributed by atoms with Crippen LogP contribution in [0.4, 0.5) is 0 Å². The van der Waals surface area contributed by atoms with Crippen LogP contribution in [0.2, 0.25) is 0 Å². The summed E-state index contributed by atoms with van der Waals surface area (Å²) in [7, 11) is 2.13. The summed E-state index contributed by atoms with van der Waals surface area (Å²) in [4.78, 5) is 17.6. The number of nitrogens with zero attached hydrogens (tertiary/aromatic N) is 2. The average Bonchev–Trinajstić information content (AvgIpc) is 3.00. The van der Waals surface area contributed by atoms with Crippen molar-refractivity contribution in [1.29, 1.82) is 0 Å². The van der Waals surface area contributed by atoms with E-state index in [-0.39, 0.29) is 12.1 Å². The fourth-order valence-corrected chi connectivity index (χ4v) is 5.14. The molecule has 27 heavy (non-hydrogen) atoms. The van der Waals surface area contributed by atoms with E-state index in [1.807, 2.05) is 18.2 Å². The molecule has 1 aromatic rings. The van der Waals surface area contributed by atoms with Gasteiger partial charge in [-0.2, -0.15) is 0 Å². The van der Waals surface area contributed by atoms with Crippen molar-refractivity contribution in [2.45, 2.75) is 51.2 Å². The van der Waals surface area contributed by atoms with E-state index in [1.165, 1.54) is 18.4 Å². The van der Waals surface area contributed by atoms with Crippen molar-refractivity contribution in [1.82, 2.24) is 15.1 Å². The first-order chi connectivity index (χ1) is 13.1. The molecule has 148 valence electrons. The number of ether oxygens (including phenoxy) is 1. The normalized spacial score (nSPS) is 26.4. The highest BCUT2D eigenvalue weighted by molar-refractivity contribution is 5.82. The fourth-order valence-electron chi connectivity index (χ4n) is 5.14. The fraction of sp³-hybridized carbons (Fsp3) is 0.682. The van der Waals surface area contributed by atoms with Crippen molar-refractivity contribution in [3.8, 4) is 5.75 Å². The molecule has 3 aliphatic heterocycles. The molecule has 3 aliphatic rings. The molecular weight excluding hydrogens is 338 g/mol. The summed E-state index contributed by atoms with van der Waals surface area (Å²) in [5, 5.41) is 3.46. The van der Waals surface area contributed by atoms with E-state index in [4.69, 9.17) is 4.74 Å². The maximum atomic E-state index is 13.2. The molecule has 3 heterocycles. The van der Waals surface area contributed by atoms with Crippen molar-refractivity contribution in [3.05, 3.63) is 29.8 Å². The first-order valence-corrected chi connectivity index (χ1v) is 10.5. The van der Waals surface area contributed by atoms with Crippen molar-refractivity contribution in [2.75, 3.05) is 39.8 Å². The van der Waals surface area contributed by atoms with E-state index in [1.54, 1.807) is 0 Å². The summed E-state index contributed by atoms with van der Waals surface area (Å²) >= 11 is 0. The number of hydrogen-bond donors (Lipinski definition) is 1. The number of nitrogens with one attached hydrogen (secondary N) is 1. The molecule has 5 nitrogen and oxygen atoms in total. The second-order valence-corrected chi connectivity index (χ2v) is 8.79. The topological polar surface area (TPSA) is 44.8 Å². The van der Waals surface area contributed by atoms with Gasteiger partial charge in [-0.1, -0.05) is 18.2 Å². The number of likely N-dealkylation sites (tertiary alicyclic amines) is 2. The van der Waals surface area contributed by atoms with Crippen molar-refractivity contribution in [2.24, 2.45) is 5.41 Å². The van der Waals surface area contributed by atoms with Crippen molar-refractivity contribution in [3.63, 3.8) is 0 Å². The molecule has 0 bridgehead atoms.